The molecule has 0 bridgehead atoms. The summed E-state index contributed by atoms with van der Waals surface area (Å²) < 4.78 is 0. The molecule has 0 aliphatic rings. The van der Waals surface area contributed by atoms with Crippen LogP contribution in [-0.4, -0.2) is 21.8 Å². The van der Waals surface area contributed by atoms with Gasteiger partial charge in [0.15, 0.2) is 0 Å². The fraction of sp³-hybridized carbons (Fsp3) is 0.875. The van der Waals surface area contributed by atoms with Crippen molar-refractivity contribution in [3.8, 4) is 0 Å². The largest absolute Gasteiger partial charge is 0.481 e. The van der Waals surface area contributed by atoms with Crippen molar-refractivity contribution < 1.29 is 15.0 Å². The molecule has 0 spiro atoms. The number of rotatable bonds is 2. The minimum absolute atomic E-state index is 0.212. The number of aliphatic carboxylic acids is 1. The standard InChI is InChI=1S/C8H16O3/c1-7(2,3)8(4,11)5-6(9)10/h11H,5H2,1-4H3,(H,9,10)/t8-/m1/s1. The van der Waals surface area contributed by atoms with Gasteiger partial charge in [0.05, 0.1) is 12.0 Å². The maximum atomic E-state index is 10.3. The highest BCUT2D eigenvalue weighted by Crippen LogP contribution is 2.32. The van der Waals surface area contributed by atoms with E-state index < -0.39 is 17.0 Å². The second kappa shape index (κ2) is 2.81. The van der Waals surface area contributed by atoms with Gasteiger partial charge in [-0.25, -0.2) is 0 Å². The molecule has 0 fully saturated rings. The number of carboxylic acid groups (broad SMARTS) is 1. The van der Waals surface area contributed by atoms with E-state index in [2.05, 4.69) is 0 Å². The molecule has 0 heterocycles. The summed E-state index contributed by atoms with van der Waals surface area (Å²) in [4.78, 5) is 10.3. The van der Waals surface area contributed by atoms with Gasteiger partial charge < -0.3 is 10.2 Å². The van der Waals surface area contributed by atoms with Gasteiger partial charge in [-0.2, -0.15) is 0 Å². The molecule has 0 aliphatic carbocycles. The molecule has 0 aromatic carbocycles. The Labute approximate surface area is 67.0 Å². The van der Waals surface area contributed by atoms with Crippen molar-refractivity contribution in [3.05, 3.63) is 0 Å². The Hall–Kier alpha value is -0.570. The normalized spacial score (nSPS) is 17.5. The molecular weight excluding hydrogens is 144 g/mol. The lowest BCUT2D eigenvalue weighted by Crippen LogP contribution is -2.41. The van der Waals surface area contributed by atoms with E-state index in [1.54, 1.807) is 6.92 Å². The summed E-state index contributed by atoms with van der Waals surface area (Å²) in [7, 11) is 0. The van der Waals surface area contributed by atoms with Gasteiger partial charge in [0.2, 0.25) is 0 Å². The number of carboxylic acids is 1. The zero-order chi connectivity index (χ0) is 9.28. The van der Waals surface area contributed by atoms with Crippen LogP contribution in [0.15, 0.2) is 0 Å². The lowest BCUT2D eigenvalue weighted by atomic mass is 9.76. The van der Waals surface area contributed by atoms with Crippen LogP contribution in [0.2, 0.25) is 0 Å². The first kappa shape index (κ1) is 10.4. The van der Waals surface area contributed by atoms with Crippen LogP contribution in [-0.2, 0) is 4.79 Å². The molecule has 0 amide bonds. The molecule has 0 saturated heterocycles. The highest BCUT2D eigenvalue weighted by molar-refractivity contribution is 5.68. The van der Waals surface area contributed by atoms with Gasteiger partial charge in [-0.3, -0.25) is 4.79 Å². The van der Waals surface area contributed by atoms with Gasteiger partial charge in [-0.15, -0.1) is 0 Å². The fourth-order valence-corrected chi connectivity index (χ4v) is 0.560. The zero-order valence-electron chi connectivity index (χ0n) is 7.51. The van der Waals surface area contributed by atoms with Crippen LogP contribution in [0.5, 0.6) is 0 Å². The van der Waals surface area contributed by atoms with Crippen LogP contribution < -0.4 is 0 Å². The summed E-state index contributed by atoms with van der Waals surface area (Å²) in [5, 5.41) is 18.1. The maximum Gasteiger partial charge on any atom is 0.306 e. The average molecular weight is 160 g/mol. The first-order chi connectivity index (χ1) is 4.67. The second-order valence-corrected chi connectivity index (χ2v) is 4.09. The summed E-state index contributed by atoms with van der Waals surface area (Å²) in [5.41, 5.74) is -1.54. The van der Waals surface area contributed by atoms with Gasteiger partial charge in [-0.05, 0) is 12.3 Å². The summed E-state index contributed by atoms with van der Waals surface area (Å²) >= 11 is 0. The molecule has 1 atom stereocenters. The lowest BCUT2D eigenvalue weighted by Gasteiger charge is -2.35. The summed E-state index contributed by atoms with van der Waals surface area (Å²) in [6, 6.07) is 0. The van der Waals surface area contributed by atoms with Crippen molar-refractivity contribution >= 4 is 5.97 Å². The van der Waals surface area contributed by atoms with Crippen LogP contribution in [0.25, 0.3) is 0 Å². The van der Waals surface area contributed by atoms with Gasteiger partial charge in [0, 0.05) is 0 Å². The Kier molecular flexibility index (Phi) is 2.67. The molecule has 0 rings (SSSR count). The van der Waals surface area contributed by atoms with E-state index in [1.807, 2.05) is 20.8 Å². The molecule has 0 unspecified atom stereocenters. The fourth-order valence-electron chi connectivity index (χ4n) is 0.560. The Morgan fingerprint density at radius 2 is 1.64 bits per heavy atom. The minimum Gasteiger partial charge on any atom is -0.481 e. The van der Waals surface area contributed by atoms with E-state index in [0.29, 0.717) is 0 Å². The topological polar surface area (TPSA) is 57.5 Å². The monoisotopic (exact) mass is 160 g/mol. The molecule has 3 heteroatoms. The third-order valence-corrected chi connectivity index (χ3v) is 2.11. The van der Waals surface area contributed by atoms with Crippen molar-refractivity contribution in [2.75, 3.05) is 0 Å². The average Bonchev–Trinajstić information content (AvgIpc) is 1.56. The molecule has 2 N–H and O–H groups in total. The number of hydrogen-bond acceptors (Lipinski definition) is 2. The summed E-state index contributed by atoms with van der Waals surface area (Å²) in [6.07, 6.45) is -0.212. The van der Waals surface area contributed by atoms with Crippen molar-refractivity contribution in [2.24, 2.45) is 5.41 Å². The molecule has 0 aliphatic heterocycles. The molecule has 0 aromatic rings. The highest BCUT2D eigenvalue weighted by atomic mass is 16.4. The van der Waals surface area contributed by atoms with Crippen LogP contribution >= 0.6 is 0 Å². The quantitative estimate of drug-likeness (QED) is 0.639. The maximum absolute atomic E-state index is 10.3. The van der Waals surface area contributed by atoms with Crippen molar-refractivity contribution in [2.45, 2.75) is 39.7 Å². The Bertz CT molecular complexity index is 153. The summed E-state index contributed by atoms with van der Waals surface area (Å²) in [6.45, 7) is 6.99. The molecule has 0 aromatic heterocycles. The Balaban J connectivity index is 4.34. The van der Waals surface area contributed by atoms with Gasteiger partial charge in [-0.1, -0.05) is 20.8 Å². The van der Waals surface area contributed by atoms with E-state index >= 15 is 0 Å². The minimum atomic E-state index is -1.14. The third kappa shape index (κ3) is 2.89. The van der Waals surface area contributed by atoms with Crippen molar-refractivity contribution in [1.29, 1.82) is 0 Å². The Morgan fingerprint density at radius 3 is 1.73 bits per heavy atom. The first-order valence-electron chi connectivity index (χ1n) is 3.61. The molecular formula is C8H16O3. The van der Waals surface area contributed by atoms with Crippen LogP contribution in [0.4, 0.5) is 0 Å². The number of carbonyl (C=O) groups is 1. The van der Waals surface area contributed by atoms with Crippen molar-refractivity contribution in [1.82, 2.24) is 0 Å². The summed E-state index contributed by atoms with van der Waals surface area (Å²) in [5.74, 6) is -0.968. The van der Waals surface area contributed by atoms with Gasteiger partial charge in [0.25, 0.3) is 0 Å². The predicted octanol–water partition coefficient (Wildman–Crippen LogP) is 1.26. The van der Waals surface area contributed by atoms with Crippen LogP contribution in [0.3, 0.4) is 0 Å². The van der Waals surface area contributed by atoms with E-state index in [-0.39, 0.29) is 6.42 Å². The van der Waals surface area contributed by atoms with Crippen molar-refractivity contribution in [3.63, 3.8) is 0 Å². The smallest absolute Gasteiger partial charge is 0.306 e. The molecule has 0 radical (unpaired) electrons. The SMILES string of the molecule is CC(C)(C)[C@](C)(O)CC(=O)O. The van der Waals surface area contributed by atoms with Crippen LogP contribution in [0.1, 0.15) is 34.1 Å². The van der Waals surface area contributed by atoms with E-state index in [4.69, 9.17) is 5.11 Å². The Morgan fingerprint density at radius 1 is 1.27 bits per heavy atom. The van der Waals surface area contributed by atoms with Gasteiger partial charge >= 0.3 is 5.97 Å². The zero-order valence-corrected chi connectivity index (χ0v) is 7.51. The van der Waals surface area contributed by atoms with Crippen LogP contribution in [0, 0.1) is 5.41 Å². The number of aliphatic hydroxyl groups is 1. The van der Waals surface area contributed by atoms with Gasteiger partial charge in [0.1, 0.15) is 0 Å². The van der Waals surface area contributed by atoms with E-state index in [9.17, 15) is 9.90 Å². The highest BCUT2D eigenvalue weighted by Gasteiger charge is 2.37. The van der Waals surface area contributed by atoms with E-state index in [1.165, 1.54) is 0 Å². The lowest BCUT2D eigenvalue weighted by molar-refractivity contribution is -0.146. The number of hydrogen-bond donors (Lipinski definition) is 2. The first-order valence-corrected chi connectivity index (χ1v) is 3.61. The third-order valence-electron chi connectivity index (χ3n) is 2.11. The van der Waals surface area contributed by atoms with E-state index in [0.717, 1.165) is 0 Å². The molecule has 0 saturated carbocycles. The molecule has 66 valence electrons. The predicted molar refractivity (Wildman–Crippen MR) is 42.3 cm³/mol. The second-order valence-electron chi connectivity index (χ2n) is 4.09. The molecule has 3 nitrogen and oxygen atoms in total. The molecule has 11 heavy (non-hydrogen) atoms.